The zero-order valence-electron chi connectivity index (χ0n) is 9.57. The van der Waals surface area contributed by atoms with Crippen molar-refractivity contribution in [2.45, 2.75) is 6.42 Å². The van der Waals surface area contributed by atoms with E-state index in [1.165, 1.54) is 6.26 Å². The molecule has 6 heteroatoms. The number of hydrogen-bond acceptors (Lipinski definition) is 4. The maximum atomic E-state index is 11.4. The summed E-state index contributed by atoms with van der Waals surface area (Å²) in [5.41, 5.74) is 0. The molecular weight excluding hydrogens is 214 g/mol. The Bertz CT molecular complexity index is 279. The van der Waals surface area contributed by atoms with Crippen LogP contribution >= 0.6 is 0 Å². The maximum absolute atomic E-state index is 11.4. The Hall–Kier alpha value is -0.170. The van der Waals surface area contributed by atoms with Crippen molar-refractivity contribution in [3.63, 3.8) is 0 Å². The summed E-state index contributed by atoms with van der Waals surface area (Å²) in [4.78, 5) is 2.22. The van der Waals surface area contributed by atoms with Gasteiger partial charge in [-0.25, -0.2) is 12.7 Å². The monoisotopic (exact) mass is 235 g/mol. The standard InChI is InChI=1S/C9H21N3O2S/c1-11-6-3-7-12(15(2,13)14)9-5-10-4-8-11/h10H,3-9H2,1-2H3. The van der Waals surface area contributed by atoms with Crippen LogP contribution in [0.3, 0.4) is 0 Å². The Labute approximate surface area is 92.5 Å². The summed E-state index contributed by atoms with van der Waals surface area (Å²) in [6, 6.07) is 0. The molecule has 0 saturated carbocycles. The molecule has 0 unspecified atom stereocenters. The van der Waals surface area contributed by atoms with Gasteiger partial charge >= 0.3 is 0 Å². The van der Waals surface area contributed by atoms with Gasteiger partial charge in [-0.3, -0.25) is 0 Å². The molecule has 1 N–H and O–H groups in total. The van der Waals surface area contributed by atoms with Crippen molar-refractivity contribution < 1.29 is 8.42 Å². The summed E-state index contributed by atoms with van der Waals surface area (Å²) >= 11 is 0. The molecular formula is C9H21N3O2S. The highest BCUT2D eigenvalue weighted by Crippen LogP contribution is 2.00. The quantitative estimate of drug-likeness (QED) is 0.645. The second-order valence-electron chi connectivity index (χ2n) is 4.07. The van der Waals surface area contributed by atoms with Gasteiger partial charge in [-0.2, -0.15) is 0 Å². The lowest BCUT2D eigenvalue weighted by atomic mass is 10.3. The van der Waals surface area contributed by atoms with Gasteiger partial charge in [0.1, 0.15) is 0 Å². The van der Waals surface area contributed by atoms with Gasteiger partial charge in [0.25, 0.3) is 0 Å². The van der Waals surface area contributed by atoms with E-state index in [2.05, 4.69) is 17.3 Å². The average Bonchev–Trinajstić information content (AvgIpc) is 2.13. The zero-order chi connectivity index (χ0) is 11.3. The number of sulfonamides is 1. The number of likely N-dealkylation sites (N-methyl/N-ethyl adjacent to an activating group) is 1. The van der Waals surface area contributed by atoms with Crippen LogP contribution in [0.25, 0.3) is 0 Å². The van der Waals surface area contributed by atoms with E-state index in [1.54, 1.807) is 4.31 Å². The SMILES string of the molecule is CN1CCCN(S(C)(=O)=O)CCNCC1. The van der Waals surface area contributed by atoms with Crippen LogP contribution in [0.1, 0.15) is 6.42 Å². The summed E-state index contributed by atoms with van der Waals surface area (Å²) in [6.45, 7) is 4.86. The van der Waals surface area contributed by atoms with Crippen molar-refractivity contribution in [2.24, 2.45) is 0 Å². The molecule has 0 aromatic carbocycles. The maximum Gasteiger partial charge on any atom is 0.211 e. The third-order valence-corrected chi connectivity index (χ3v) is 3.93. The van der Waals surface area contributed by atoms with E-state index in [4.69, 9.17) is 0 Å². The molecule has 0 radical (unpaired) electrons. The van der Waals surface area contributed by atoms with E-state index in [-0.39, 0.29) is 0 Å². The smallest absolute Gasteiger partial charge is 0.211 e. The van der Waals surface area contributed by atoms with Gasteiger partial charge < -0.3 is 10.2 Å². The highest BCUT2D eigenvalue weighted by Gasteiger charge is 2.16. The molecule has 0 bridgehead atoms. The Morgan fingerprint density at radius 1 is 1.07 bits per heavy atom. The first-order valence-corrected chi connectivity index (χ1v) is 7.19. The number of nitrogens with one attached hydrogen (secondary N) is 1. The highest BCUT2D eigenvalue weighted by molar-refractivity contribution is 7.88. The van der Waals surface area contributed by atoms with E-state index in [1.807, 2.05) is 0 Å². The van der Waals surface area contributed by atoms with Crippen molar-refractivity contribution in [1.82, 2.24) is 14.5 Å². The minimum atomic E-state index is -3.04. The molecule has 1 fully saturated rings. The van der Waals surface area contributed by atoms with Gasteiger partial charge in [0.15, 0.2) is 0 Å². The largest absolute Gasteiger partial charge is 0.314 e. The third-order valence-electron chi connectivity index (χ3n) is 2.62. The molecule has 1 aliphatic rings. The Morgan fingerprint density at radius 3 is 2.40 bits per heavy atom. The van der Waals surface area contributed by atoms with Gasteiger partial charge in [0, 0.05) is 32.7 Å². The summed E-state index contributed by atoms with van der Waals surface area (Å²) in [5, 5.41) is 3.24. The lowest BCUT2D eigenvalue weighted by Crippen LogP contribution is -2.41. The summed E-state index contributed by atoms with van der Waals surface area (Å²) in [5.74, 6) is 0. The van der Waals surface area contributed by atoms with Crippen LogP contribution in [0.15, 0.2) is 0 Å². The average molecular weight is 235 g/mol. The van der Waals surface area contributed by atoms with Gasteiger partial charge in [0.05, 0.1) is 6.26 Å². The number of rotatable bonds is 1. The Kier molecular flexibility index (Phi) is 4.98. The zero-order valence-corrected chi connectivity index (χ0v) is 10.4. The molecule has 0 aromatic rings. The van der Waals surface area contributed by atoms with Gasteiger partial charge in [0.2, 0.25) is 10.0 Å². The molecule has 15 heavy (non-hydrogen) atoms. The van der Waals surface area contributed by atoms with E-state index in [0.29, 0.717) is 13.1 Å². The summed E-state index contributed by atoms with van der Waals surface area (Å²) in [7, 11) is -0.973. The van der Waals surface area contributed by atoms with Crippen molar-refractivity contribution >= 4 is 10.0 Å². The van der Waals surface area contributed by atoms with Crippen LogP contribution in [0.2, 0.25) is 0 Å². The van der Waals surface area contributed by atoms with Crippen molar-refractivity contribution in [1.29, 1.82) is 0 Å². The van der Waals surface area contributed by atoms with Crippen LogP contribution in [-0.4, -0.2) is 70.2 Å². The number of hydrogen-bond donors (Lipinski definition) is 1. The minimum Gasteiger partial charge on any atom is -0.314 e. The Balaban J connectivity index is 2.51. The van der Waals surface area contributed by atoms with Gasteiger partial charge in [-0.15, -0.1) is 0 Å². The van der Waals surface area contributed by atoms with Crippen molar-refractivity contribution in [2.75, 3.05) is 52.6 Å². The molecule has 1 heterocycles. The normalized spacial score (nSPS) is 23.9. The fourth-order valence-corrected chi connectivity index (χ4v) is 2.55. The van der Waals surface area contributed by atoms with E-state index < -0.39 is 10.0 Å². The second kappa shape index (κ2) is 5.79. The molecule has 1 saturated heterocycles. The summed E-state index contributed by atoms with van der Waals surface area (Å²) < 4.78 is 24.4. The molecule has 0 amide bonds. The fraction of sp³-hybridized carbons (Fsp3) is 1.00. The lowest BCUT2D eigenvalue weighted by Gasteiger charge is -2.24. The van der Waals surface area contributed by atoms with Crippen LogP contribution in [-0.2, 0) is 10.0 Å². The minimum absolute atomic E-state index is 0.586. The first-order chi connectivity index (χ1) is 7.00. The van der Waals surface area contributed by atoms with E-state index in [9.17, 15) is 8.42 Å². The molecule has 0 spiro atoms. The predicted molar refractivity (Wildman–Crippen MR) is 61.4 cm³/mol. The van der Waals surface area contributed by atoms with Gasteiger partial charge in [-0.05, 0) is 20.0 Å². The van der Waals surface area contributed by atoms with Crippen LogP contribution in [0, 0.1) is 0 Å². The number of nitrogens with zero attached hydrogens (tertiary/aromatic N) is 2. The molecule has 1 rings (SSSR count). The molecule has 5 nitrogen and oxygen atoms in total. The highest BCUT2D eigenvalue weighted by atomic mass is 32.2. The van der Waals surface area contributed by atoms with E-state index in [0.717, 1.165) is 32.6 Å². The fourth-order valence-electron chi connectivity index (χ4n) is 1.67. The molecule has 0 aromatic heterocycles. The third kappa shape index (κ3) is 4.92. The molecule has 1 aliphatic heterocycles. The first kappa shape index (κ1) is 12.9. The van der Waals surface area contributed by atoms with Crippen LogP contribution in [0.5, 0.6) is 0 Å². The second-order valence-corrected chi connectivity index (χ2v) is 6.05. The van der Waals surface area contributed by atoms with Crippen LogP contribution in [0.4, 0.5) is 0 Å². The summed E-state index contributed by atoms with van der Waals surface area (Å²) in [6.07, 6.45) is 2.19. The Morgan fingerprint density at radius 2 is 1.73 bits per heavy atom. The first-order valence-electron chi connectivity index (χ1n) is 5.34. The van der Waals surface area contributed by atoms with Crippen molar-refractivity contribution in [3.05, 3.63) is 0 Å². The lowest BCUT2D eigenvalue weighted by molar-refractivity contribution is 0.291. The molecule has 0 aliphatic carbocycles. The van der Waals surface area contributed by atoms with Crippen molar-refractivity contribution in [3.8, 4) is 0 Å². The van der Waals surface area contributed by atoms with Gasteiger partial charge in [-0.1, -0.05) is 0 Å². The molecule has 0 atom stereocenters. The topological polar surface area (TPSA) is 52.7 Å². The molecule has 90 valence electrons. The predicted octanol–water partition coefficient (Wildman–Crippen LogP) is -0.827. The van der Waals surface area contributed by atoms with E-state index >= 15 is 0 Å². The van der Waals surface area contributed by atoms with Crippen LogP contribution < -0.4 is 5.32 Å².